The van der Waals surface area contributed by atoms with Crippen molar-refractivity contribution in [2.75, 3.05) is 18.1 Å². The second kappa shape index (κ2) is 5.12. The van der Waals surface area contributed by atoms with Crippen molar-refractivity contribution in [1.82, 2.24) is 5.32 Å². The highest BCUT2D eigenvalue weighted by Gasteiger charge is 2.55. The summed E-state index contributed by atoms with van der Waals surface area (Å²) in [5, 5.41) is 14.0. The molecule has 0 aromatic heterocycles. The minimum atomic E-state index is -0.455. The van der Waals surface area contributed by atoms with E-state index in [1.807, 2.05) is 24.3 Å². The summed E-state index contributed by atoms with van der Waals surface area (Å²) in [7, 11) is 0. The Kier molecular flexibility index (Phi) is 3.11. The van der Waals surface area contributed by atoms with E-state index in [-0.39, 0.29) is 12.1 Å². The van der Waals surface area contributed by atoms with Gasteiger partial charge in [-0.25, -0.2) is 4.79 Å². The number of carbonyl (C=O) groups excluding carboxylic acids is 1. The molecular weight excluding hydrogens is 304 g/mol. The summed E-state index contributed by atoms with van der Waals surface area (Å²) >= 11 is 0. The number of anilines is 1. The second-order valence-corrected chi connectivity index (χ2v) is 8.14. The Morgan fingerprint density at radius 1 is 1.21 bits per heavy atom. The molecule has 4 saturated carbocycles. The molecule has 24 heavy (non-hydrogen) atoms. The lowest BCUT2D eigenvalue weighted by atomic mass is 9.52. The first-order chi connectivity index (χ1) is 11.6. The van der Waals surface area contributed by atoms with Crippen molar-refractivity contribution in [2.45, 2.75) is 43.7 Å². The number of urea groups is 1. The molecule has 4 fully saturated rings. The van der Waals surface area contributed by atoms with Gasteiger partial charge in [0.05, 0.1) is 17.8 Å². The summed E-state index contributed by atoms with van der Waals surface area (Å²) in [6, 6.07) is 7.91. The van der Waals surface area contributed by atoms with Gasteiger partial charge in [-0.1, -0.05) is 12.1 Å². The molecular formula is C19H24N2O3. The molecule has 0 radical (unpaired) electrons. The van der Waals surface area contributed by atoms with Crippen LogP contribution in [0.15, 0.2) is 24.3 Å². The Balaban J connectivity index is 1.35. The van der Waals surface area contributed by atoms with Gasteiger partial charge in [-0.3, -0.25) is 4.90 Å². The molecule has 1 aromatic rings. The number of carbonyl (C=O) groups is 1. The Morgan fingerprint density at radius 2 is 1.96 bits per heavy atom. The summed E-state index contributed by atoms with van der Waals surface area (Å²) in [5.74, 6) is 2.30. The summed E-state index contributed by atoms with van der Waals surface area (Å²) in [6.45, 7) is 1.11. The molecule has 1 aromatic carbocycles. The minimum absolute atomic E-state index is 0.0183. The van der Waals surface area contributed by atoms with Gasteiger partial charge in [0.1, 0.15) is 12.4 Å². The maximum Gasteiger partial charge on any atom is 0.322 e. The lowest BCUT2D eigenvalue weighted by Crippen LogP contribution is -2.63. The summed E-state index contributed by atoms with van der Waals surface area (Å²) in [6.07, 6.45) is 4.99. The van der Waals surface area contributed by atoms with E-state index in [1.165, 1.54) is 0 Å². The number of benzene rings is 1. The predicted octanol–water partition coefficient (Wildman–Crippen LogP) is 2.53. The Hall–Kier alpha value is -1.75. The molecule has 0 spiro atoms. The molecule has 0 saturated heterocycles. The van der Waals surface area contributed by atoms with E-state index >= 15 is 0 Å². The van der Waals surface area contributed by atoms with Crippen molar-refractivity contribution in [1.29, 1.82) is 0 Å². The van der Waals surface area contributed by atoms with Gasteiger partial charge >= 0.3 is 6.03 Å². The average molecular weight is 328 g/mol. The Bertz CT molecular complexity index is 660. The van der Waals surface area contributed by atoms with Crippen molar-refractivity contribution in [2.24, 2.45) is 17.8 Å². The first-order valence-corrected chi connectivity index (χ1v) is 9.14. The minimum Gasteiger partial charge on any atom is -0.490 e. The highest BCUT2D eigenvalue weighted by atomic mass is 16.5. The number of nitrogens with zero attached hydrogens (tertiary/aromatic N) is 1. The molecule has 6 rings (SSSR count). The Labute approximate surface area is 142 Å². The van der Waals surface area contributed by atoms with Crippen molar-refractivity contribution in [3.05, 3.63) is 24.3 Å². The zero-order valence-corrected chi connectivity index (χ0v) is 13.8. The lowest BCUT2D eigenvalue weighted by molar-refractivity contribution is -0.136. The van der Waals surface area contributed by atoms with Gasteiger partial charge in [0, 0.05) is 6.04 Å². The predicted molar refractivity (Wildman–Crippen MR) is 90.1 cm³/mol. The molecule has 128 valence electrons. The topological polar surface area (TPSA) is 61.8 Å². The van der Waals surface area contributed by atoms with Crippen LogP contribution in [0.3, 0.4) is 0 Å². The van der Waals surface area contributed by atoms with Gasteiger partial charge in [0.15, 0.2) is 0 Å². The summed E-state index contributed by atoms with van der Waals surface area (Å²) < 4.78 is 5.65. The van der Waals surface area contributed by atoms with Crippen LogP contribution in [0.1, 0.15) is 32.1 Å². The van der Waals surface area contributed by atoms with Crippen LogP contribution in [-0.2, 0) is 0 Å². The first kappa shape index (κ1) is 14.6. The van der Waals surface area contributed by atoms with Crippen LogP contribution < -0.4 is 15.0 Å². The van der Waals surface area contributed by atoms with Crippen LogP contribution >= 0.6 is 0 Å². The first-order valence-electron chi connectivity index (χ1n) is 9.14. The van der Waals surface area contributed by atoms with Gasteiger partial charge < -0.3 is 15.2 Å². The third-order valence-corrected chi connectivity index (χ3v) is 6.50. The third-order valence-electron chi connectivity index (χ3n) is 6.50. The van der Waals surface area contributed by atoms with E-state index in [1.54, 1.807) is 4.90 Å². The van der Waals surface area contributed by atoms with E-state index in [9.17, 15) is 9.90 Å². The third kappa shape index (κ3) is 2.21. The number of hydrogen-bond acceptors (Lipinski definition) is 3. The number of fused-ring (bicyclic) bond motifs is 1. The molecule has 2 unspecified atom stereocenters. The fraction of sp³-hybridized carbons (Fsp3) is 0.632. The van der Waals surface area contributed by atoms with Crippen molar-refractivity contribution >= 4 is 11.7 Å². The highest BCUT2D eigenvalue weighted by Crippen LogP contribution is 2.55. The van der Waals surface area contributed by atoms with Gasteiger partial charge in [-0.15, -0.1) is 0 Å². The van der Waals surface area contributed by atoms with E-state index < -0.39 is 5.60 Å². The SMILES string of the molecule is O=C(NC1C2CC3CC1CC(O)(C3)C2)N1CCOc2ccccc21. The van der Waals surface area contributed by atoms with Crippen LogP contribution in [0, 0.1) is 17.8 Å². The lowest BCUT2D eigenvalue weighted by Gasteiger charge is -2.58. The zero-order chi connectivity index (χ0) is 16.3. The normalized spacial score (nSPS) is 39.3. The molecule has 5 nitrogen and oxygen atoms in total. The molecule has 4 bridgehead atoms. The number of aliphatic hydroxyl groups is 1. The van der Waals surface area contributed by atoms with Crippen molar-refractivity contribution in [3.63, 3.8) is 0 Å². The van der Waals surface area contributed by atoms with Crippen molar-refractivity contribution < 1.29 is 14.6 Å². The van der Waals surface area contributed by atoms with Crippen LogP contribution in [0.4, 0.5) is 10.5 Å². The van der Waals surface area contributed by atoms with Crippen molar-refractivity contribution in [3.8, 4) is 5.75 Å². The molecule has 2 amide bonds. The van der Waals surface area contributed by atoms with Gasteiger partial charge in [0.2, 0.25) is 0 Å². The smallest absolute Gasteiger partial charge is 0.322 e. The highest BCUT2D eigenvalue weighted by molar-refractivity contribution is 5.94. The molecule has 5 aliphatic rings. The zero-order valence-electron chi connectivity index (χ0n) is 13.8. The maximum atomic E-state index is 12.9. The molecule has 2 N–H and O–H groups in total. The van der Waals surface area contributed by atoms with E-state index in [0.717, 1.165) is 43.5 Å². The largest absolute Gasteiger partial charge is 0.490 e. The van der Waals surface area contributed by atoms with Crippen LogP contribution in [0.2, 0.25) is 0 Å². The van der Waals surface area contributed by atoms with Gasteiger partial charge in [0.25, 0.3) is 0 Å². The number of rotatable bonds is 1. The maximum absolute atomic E-state index is 12.9. The number of para-hydroxylation sites is 2. The van der Waals surface area contributed by atoms with Gasteiger partial charge in [-0.2, -0.15) is 0 Å². The fourth-order valence-corrected chi connectivity index (χ4v) is 5.82. The summed E-state index contributed by atoms with van der Waals surface area (Å²) in [5.41, 5.74) is 0.396. The van der Waals surface area contributed by atoms with Gasteiger partial charge in [-0.05, 0) is 62.0 Å². The molecule has 5 heteroatoms. The van der Waals surface area contributed by atoms with Crippen LogP contribution in [-0.4, -0.2) is 35.9 Å². The summed E-state index contributed by atoms with van der Waals surface area (Å²) in [4.78, 5) is 14.7. The van der Waals surface area contributed by atoms with E-state index in [0.29, 0.717) is 30.9 Å². The molecule has 1 aliphatic heterocycles. The van der Waals surface area contributed by atoms with E-state index in [4.69, 9.17) is 4.74 Å². The standard InChI is InChI=1S/C19H24N2O3/c22-18(21-5-6-24-16-4-2-1-3-15(16)21)20-17-13-7-12-8-14(17)11-19(23,9-12)10-13/h1-4,12-14,17,23H,5-11H2,(H,20,22). The number of amides is 2. The second-order valence-electron chi connectivity index (χ2n) is 8.14. The Morgan fingerprint density at radius 3 is 2.71 bits per heavy atom. The molecule has 2 atom stereocenters. The van der Waals surface area contributed by atoms with Crippen LogP contribution in [0.25, 0.3) is 0 Å². The molecule has 4 aliphatic carbocycles. The number of nitrogens with one attached hydrogen (secondary N) is 1. The molecule has 1 heterocycles. The monoisotopic (exact) mass is 328 g/mol. The van der Waals surface area contributed by atoms with Crippen LogP contribution in [0.5, 0.6) is 5.75 Å². The fourth-order valence-electron chi connectivity index (χ4n) is 5.82. The quantitative estimate of drug-likeness (QED) is 0.833. The average Bonchev–Trinajstić information content (AvgIpc) is 2.56. The number of hydrogen-bond donors (Lipinski definition) is 2. The van der Waals surface area contributed by atoms with E-state index in [2.05, 4.69) is 5.32 Å². The number of ether oxygens (including phenoxy) is 1.